The van der Waals surface area contributed by atoms with Crippen LogP contribution in [0.2, 0.25) is 0 Å². The fraction of sp³-hybridized carbons (Fsp3) is 0.517. The topological polar surface area (TPSA) is 44.7 Å². The molecule has 0 atom stereocenters. The molecule has 1 N–H and O–H groups in total. The second-order valence-electron chi connectivity index (χ2n) is 9.36. The van der Waals surface area contributed by atoms with Crippen molar-refractivity contribution in [2.24, 2.45) is 4.99 Å². The monoisotopic (exact) mass is 447 g/mol. The van der Waals surface area contributed by atoms with Crippen LogP contribution in [0.1, 0.15) is 86.3 Å². The summed E-state index contributed by atoms with van der Waals surface area (Å²) in [6.07, 6.45) is 8.15. The zero-order valence-electron chi connectivity index (χ0n) is 21.2. The molecule has 4 nitrogen and oxygen atoms in total. The van der Waals surface area contributed by atoms with Crippen molar-refractivity contribution < 1.29 is 4.79 Å². The molecular formula is C29H41N3O. The number of hydrogen-bond acceptors (Lipinski definition) is 3. The van der Waals surface area contributed by atoms with E-state index in [1.54, 1.807) is 0 Å². The van der Waals surface area contributed by atoms with Crippen LogP contribution in [0.3, 0.4) is 0 Å². The molecular weight excluding hydrogens is 406 g/mol. The van der Waals surface area contributed by atoms with Crippen LogP contribution in [0, 0.1) is 13.8 Å². The van der Waals surface area contributed by atoms with Gasteiger partial charge in [0.25, 0.3) is 5.91 Å². The molecule has 1 aliphatic rings. The maximum atomic E-state index is 13.2. The first-order valence-electron chi connectivity index (χ1n) is 12.7. The van der Waals surface area contributed by atoms with Crippen LogP contribution >= 0.6 is 0 Å². The van der Waals surface area contributed by atoms with E-state index in [9.17, 15) is 4.79 Å². The van der Waals surface area contributed by atoms with E-state index < -0.39 is 0 Å². The molecule has 1 amide bonds. The SMILES string of the molecule is CCc1cc(C(=O)NCCC(C)=Nc2ccccc2C)c(C)c(N(CC)C2CCCCC2)c1. The number of carbonyl (C=O) groups excluding carboxylic acids is 1. The average molecular weight is 448 g/mol. The summed E-state index contributed by atoms with van der Waals surface area (Å²) >= 11 is 0. The van der Waals surface area contributed by atoms with Crippen molar-refractivity contribution >= 4 is 23.0 Å². The molecule has 33 heavy (non-hydrogen) atoms. The second-order valence-corrected chi connectivity index (χ2v) is 9.36. The molecule has 3 rings (SSSR count). The summed E-state index contributed by atoms with van der Waals surface area (Å²) in [4.78, 5) is 20.5. The molecule has 0 saturated heterocycles. The van der Waals surface area contributed by atoms with Crippen molar-refractivity contribution in [3.05, 3.63) is 58.7 Å². The van der Waals surface area contributed by atoms with Crippen molar-refractivity contribution in [1.82, 2.24) is 5.32 Å². The van der Waals surface area contributed by atoms with Gasteiger partial charge >= 0.3 is 0 Å². The number of rotatable bonds is 9. The number of carbonyl (C=O) groups is 1. The Morgan fingerprint density at radius 2 is 1.82 bits per heavy atom. The fourth-order valence-corrected chi connectivity index (χ4v) is 4.92. The van der Waals surface area contributed by atoms with E-state index in [4.69, 9.17) is 4.99 Å². The summed E-state index contributed by atoms with van der Waals surface area (Å²) in [6, 6.07) is 13.1. The Morgan fingerprint density at radius 3 is 2.48 bits per heavy atom. The number of aryl methyl sites for hydroxylation is 2. The van der Waals surface area contributed by atoms with Crippen LogP contribution in [0.15, 0.2) is 41.4 Å². The Kier molecular flexibility index (Phi) is 9.11. The first kappa shape index (κ1) is 25.0. The average Bonchev–Trinajstić information content (AvgIpc) is 2.82. The quantitative estimate of drug-likeness (QED) is 0.423. The Hall–Kier alpha value is -2.62. The van der Waals surface area contributed by atoms with Gasteiger partial charge in [0.2, 0.25) is 0 Å². The van der Waals surface area contributed by atoms with Gasteiger partial charge < -0.3 is 10.2 Å². The third kappa shape index (κ3) is 6.46. The van der Waals surface area contributed by atoms with Crippen molar-refractivity contribution in [3.63, 3.8) is 0 Å². The van der Waals surface area contributed by atoms with E-state index in [2.05, 4.69) is 56.1 Å². The van der Waals surface area contributed by atoms with Gasteiger partial charge in [-0.15, -0.1) is 0 Å². The molecule has 0 bridgehead atoms. The summed E-state index contributed by atoms with van der Waals surface area (Å²) in [6.45, 7) is 12.2. The number of amides is 1. The minimum absolute atomic E-state index is 0.0208. The van der Waals surface area contributed by atoms with E-state index in [0.717, 1.165) is 41.9 Å². The van der Waals surface area contributed by atoms with Crippen LogP contribution < -0.4 is 10.2 Å². The van der Waals surface area contributed by atoms with E-state index in [-0.39, 0.29) is 5.91 Å². The molecule has 178 valence electrons. The molecule has 1 saturated carbocycles. The summed E-state index contributed by atoms with van der Waals surface area (Å²) < 4.78 is 0. The summed E-state index contributed by atoms with van der Waals surface area (Å²) in [5.41, 5.74) is 7.57. The van der Waals surface area contributed by atoms with Gasteiger partial charge in [-0.05, 0) is 81.8 Å². The van der Waals surface area contributed by atoms with Crippen LogP contribution in [-0.2, 0) is 6.42 Å². The molecule has 2 aromatic rings. The lowest BCUT2D eigenvalue weighted by Crippen LogP contribution is -2.37. The van der Waals surface area contributed by atoms with Crippen LogP contribution in [0.5, 0.6) is 0 Å². The Morgan fingerprint density at radius 1 is 1.09 bits per heavy atom. The largest absolute Gasteiger partial charge is 0.369 e. The maximum absolute atomic E-state index is 13.2. The molecule has 0 unspecified atom stereocenters. The van der Waals surface area contributed by atoms with Gasteiger partial charge in [-0.1, -0.05) is 44.4 Å². The molecule has 0 spiro atoms. The van der Waals surface area contributed by atoms with Crippen LogP contribution in [-0.4, -0.2) is 30.8 Å². The van der Waals surface area contributed by atoms with Crippen molar-refractivity contribution in [2.45, 2.75) is 85.6 Å². The number of benzene rings is 2. The van der Waals surface area contributed by atoms with E-state index in [0.29, 0.717) is 12.6 Å². The third-order valence-corrected chi connectivity index (χ3v) is 6.96. The standard InChI is InChI=1S/C29H41N3O/c1-6-24-19-26(23(5)28(20-24)32(7-2)25-14-9-8-10-15-25)29(33)30-18-17-22(4)31-27-16-12-11-13-21(27)3/h11-13,16,19-20,25H,6-10,14-15,17-18H2,1-5H3,(H,30,33). The third-order valence-electron chi connectivity index (χ3n) is 6.96. The van der Waals surface area contributed by atoms with Crippen molar-refractivity contribution in [2.75, 3.05) is 18.0 Å². The number of aliphatic imine (C=N–C) groups is 1. The first-order chi connectivity index (χ1) is 15.9. The van der Waals surface area contributed by atoms with Crippen molar-refractivity contribution in [3.8, 4) is 0 Å². The van der Waals surface area contributed by atoms with Gasteiger partial charge in [0.1, 0.15) is 0 Å². The highest BCUT2D eigenvalue weighted by molar-refractivity contribution is 5.97. The number of hydrogen-bond donors (Lipinski definition) is 1. The van der Waals surface area contributed by atoms with E-state index >= 15 is 0 Å². The predicted octanol–water partition coefficient (Wildman–Crippen LogP) is 6.94. The lowest BCUT2D eigenvalue weighted by atomic mass is 9.92. The molecule has 0 radical (unpaired) electrons. The fourth-order valence-electron chi connectivity index (χ4n) is 4.92. The number of nitrogens with zero attached hydrogens (tertiary/aromatic N) is 2. The Balaban J connectivity index is 1.73. The molecule has 1 fully saturated rings. The zero-order chi connectivity index (χ0) is 23.8. The lowest BCUT2D eigenvalue weighted by Gasteiger charge is -2.37. The molecule has 0 aliphatic heterocycles. The van der Waals surface area contributed by atoms with E-state index in [1.807, 2.05) is 25.1 Å². The zero-order valence-corrected chi connectivity index (χ0v) is 21.2. The smallest absolute Gasteiger partial charge is 0.251 e. The molecule has 0 heterocycles. The summed E-state index contributed by atoms with van der Waals surface area (Å²) in [7, 11) is 0. The normalized spacial score (nSPS) is 14.9. The van der Waals surface area contributed by atoms with Gasteiger partial charge in [-0.25, -0.2) is 0 Å². The van der Waals surface area contributed by atoms with Crippen LogP contribution in [0.25, 0.3) is 0 Å². The maximum Gasteiger partial charge on any atom is 0.251 e. The molecule has 0 aromatic heterocycles. The highest BCUT2D eigenvalue weighted by Crippen LogP contribution is 2.32. The van der Waals surface area contributed by atoms with E-state index in [1.165, 1.54) is 48.9 Å². The Labute approximate surface area is 200 Å². The number of nitrogens with one attached hydrogen (secondary N) is 1. The molecule has 4 heteroatoms. The number of para-hydroxylation sites is 1. The van der Waals surface area contributed by atoms with Gasteiger partial charge in [-0.3, -0.25) is 9.79 Å². The van der Waals surface area contributed by atoms with Crippen LogP contribution in [0.4, 0.5) is 11.4 Å². The number of anilines is 1. The van der Waals surface area contributed by atoms with Gasteiger partial charge in [0.05, 0.1) is 5.69 Å². The minimum atomic E-state index is 0.0208. The Bertz CT molecular complexity index is 973. The second kappa shape index (κ2) is 12.0. The summed E-state index contributed by atoms with van der Waals surface area (Å²) in [5, 5.41) is 3.15. The predicted molar refractivity (Wildman–Crippen MR) is 141 cm³/mol. The summed E-state index contributed by atoms with van der Waals surface area (Å²) in [5.74, 6) is 0.0208. The lowest BCUT2D eigenvalue weighted by molar-refractivity contribution is 0.0954. The molecule has 1 aliphatic carbocycles. The van der Waals surface area contributed by atoms with Gasteiger partial charge in [-0.2, -0.15) is 0 Å². The first-order valence-corrected chi connectivity index (χ1v) is 12.7. The molecule has 2 aromatic carbocycles. The highest BCUT2D eigenvalue weighted by atomic mass is 16.1. The van der Waals surface area contributed by atoms with Gasteiger partial charge in [0.15, 0.2) is 0 Å². The minimum Gasteiger partial charge on any atom is -0.369 e. The van der Waals surface area contributed by atoms with Gasteiger partial charge in [0, 0.05) is 42.5 Å². The highest BCUT2D eigenvalue weighted by Gasteiger charge is 2.24. The van der Waals surface area contributed by atoms with Crippen molar-refractivity contribution in [1.29, 1.82) is 0 Å².